The third kappa shape index (κ3) is 2.07. The zero-order valence-corrected chi connectivity index (χ0v) is 10.9. The summed E-state index contributed by atoms with van der Waals surface area (Å²) in [5, 5.41) is 4.38. The Bertz CT molecular complexity index is 668. The van der Waals surface area contributed by atoms with Crippen molar-refractivity contribution in [3.63, 3.8) is 0 Å². The van der Waals surface area contributed by atoms with Gasteiger partial charge in [-0.2, -0.15) is 0 Å². The van der Waals surface area contributed by atoms with Gasteiger partial charge in [0.2, 0.25) is 0 Å². The van der Waals surface area contributed by atoms with Crippen molar-refractivity contribution in [2.75, 3.05) is 19.6 Å². The summed E-state index contributed by atoms with van der Waals surface area (Å²) in [7, 11) is 0. The Morgan fingerprint density at radius 3 is 2.68 bits per heavy atom. The lowest BCUT2D eigenvalue weighted by molar-refractivity contribution is -0.662. The van der Waals surface area contributed by atoms with Crippen LogP contribution in [-0.4, -0.2) is 25.4 Å². The highest BCUT2D eigenvalue weighted by Crippen LogP contribution is 2.30. The van der Waals surface area contributed by atoms with Crippen LogP contribution in [0.3, 0.4) is 0 Å². The van der Waals surface area contributed by atoms with Crippen LogP contribution < -0.4 is 11.1 Å². The van der Waals surface area contributed by atoms with Crippen LogP contribution in [0.4, 0.5) is 0 Å². The molecule has 0 heterocycles. The minimum Gasteiger partial charge on any atom is -0.353 e. The van der Waals surface area contributed by atoms with Crippen molar-refractivity contribution in [2.24, 2.45) is 0 Å². The van der Waals surface area contributed by atoms with Crippen molar-refractivity contribution in [3.05, 3.63) is 53.1 Å². The van der Waals surface area contributed by atoms with Gasteiger partial charge >= 0.3 is 0 Å². The van der Waals surface area contributed by atoms with Crippen LogP contribution in [0.5, 0.6) is 0 Å². The van der Waals surface area contributed by atoms with Gasteiger partial charge in [0, 0.05) is 10.9 Å². The first kappa shape index (κ1) is 12.1. The van der Waals surface area contributed by atoms with E-state index in [4.69, 9.17) is 0 Å². The van der Waals surface area contributed by atoms with Crippen molar-refractivity contribution in [1.82, 2.24) is 0 Å². The number of quaternary nitrogens is 2. The molecule has 2 aromatic carbocycles. The van der Waals surface area contributed by atoms with Crippen LogP contribution in [0, 0.1) is 0 Å². The van der Waals surface area contributed by atoms with Gasteiger partial charge in [-0.15, -0.1) is 0 Å². The molecule has 0 spiro atoms. The molecule has 0 atom stereocenters. The lowest BCUT2D eigenvalue weighted by Gasteiger charge is -2.16. The van der Waals surface area contributed by atoms with Gasteiger partial charge in [-0.1, -0.05) is 36.4 Å². The maximum atomic E-state index is 12.5. The molecule has 0 amide bonds. The summed E-state index contributed by atoms with van der Waals surface area (Å²) in [5.74, 6) is 0.171. The lowest BCUT2D eigenvalue weighted by atomic mass is 9.88. The molecule has 2 aromatic rings. The van der Waals surface area contributed by atoms with Gasteiger partial charge < -0.3 is 11.1 Å². The van der Waals surface area contributed by atoms with Crippen LogP contribution in [0.2, 0.25) is 0 Å². The summed E-state index contributed by atoms with van der Waals surface area (Å²) in [6, 6.07) is 12.1. The second-order valence-corrected chi connectivity index (χ2v) is 4.88. The lowest BCUT2D eigenvalue weighted by Crippen LogP contribution is -2.88. The van der Waals surface area contributed by atoms with Crippen molar-refractivity contribution in [2.45, 2.75) is 0 Å². The standard InChI is InChI=1S/C16H16N2O/c17-7-8-18-10-13-9-12-5-1-3-11-4-2-6-14(15(11)12)16(13)19/h1-6,9,18H,7-8,10,17H2/p+2. The zero-order chi connectivity index (χ0) is 13.2. The molecule has 3 rings (SSSR count). The highest BCUT2D eigenvalue weighted by atomic mass is 16.1. The largest absolute Gasteiger partial charge is 0.353 e. The summed E-state index contributed by atoms with van der Waals surface area (Å²) >= 11 is 0. The first-order chi connectivity index (χ1) is 9.31. The van der Waals surface area contributed by atoms with Crippen molar-refractivity contribution >= 4 is 22.6 Å². The number of hydrogen-bond donors (Lipinski definition) is 2. The Kier molecular flexibility index (Phi) is 3.15. The average Bonchev–Trinajstić information content (AvgIpc) is 2.44. The third-order valence-corrected chi connectivity index (χ3v) is 3.58. The minimum atomic E-state index is 0.171. The molecule has 0 fully saturated rings. The number of ketones is 1. The monoisotopic (exact) mass is 254 g/mol. The Morgan fingerprint density at radius 1 is 1.11 bits per heavy atom. The van der Waals surface area contributed by atoms with Crippen molar-refractivity contribution < 1.29 is 15.8 Å². The van der Waals surface area contributed by atoms with Crippen molar-refractivity contribution in [3.8, 4) is 0 Å². The Hall–Kier alpha value is -1.97. The van der Waals surface area contributed by atoms with Crippen molar-refractivity contribution in [1.29, 1.82) is 0 Å². The van der Waals surface area contributed by atoms with E-state index in [2.05, 4.69) is 29.2 Å². The van der Waals surface area contributed by atoms with E-state index in [1.807, 2.05) is 24.3 Å². The van der Waals surface area contributed by atoms with Gasteiger partial charge in [0.25, 0.3) is 0 Å². The summed E-state index contributed by atoms with van der Waals surface area (Å²) in [6.45, 7) is 2.57. The molecular weight excluding hydrogens is 236 g/mol. The highest BCUT2D eigenvalue weighted by Gasteiger charge is 2.22. The topological polar surface area (TPSA) is 61.3 Å². The van der Waals surface area contributed by atoms with E-state index in [-0.39, 0.29) is 5.78 Å². The second-order valence-electron chi connectivity index (χ2n) is 4.88. The number of benzene rings is 2. The number of carbonyl (C=O) groups excluding carboxylic acids is 1. The summed E-state index contributed by atoms with van der Waals surface area (Å²) in [4.78, 5) is 12.5. The van der Waals surface area contributed by atoms with E-state index in [0.717, 1.165) is 47.1 Å². The number of hydrogen-bond acceptors (Lipinski definition) is 1. The molecule has 5 N–H and O–H groups in total. The van der Waals surface area contributed by atoms with Crippen LogP contribution in [0.1, 0.15) is 15.9 Å². The molecule has 0 aliphatic heterocycles. The highest BCUT2D eigenvalue weighted by molar-refractivity contribution is 6.22. The molecule has 0 saturated carbocycles. The van der Waals surface area contributed by atoms with E-state index >= 15 is 0 Å². The zero-order valence-electron chi connectivity index (χ0n) is 10.9. The van der Waals surface area contributed by atoms with E-state index in [9.17, 15) is 4.79 Å². The SMILES string of the molecule is [NH3+]CC[NH2+]CC1=Cc2cccc3cccc(c23)C1=O. The molecule has 0 unspecified atom stereocenters. The van der Waals surface area contributed by atoms with E-state index in [1.54, 1.807) is 0 Å². The van der Waals surface area contributed by atoms with Gasteiger partial charge in [0.15, 0.2) is 5.78 Å². The van der Waals surface area contributed by atoms with Gasteiger partial charge in [-0.3, -0.25) is 4.79 Å². The fraction of sp³-hybridized carbons (Fsp3) is 0.188. The van der Waals surface area contributed by atoms with Gasteiger partial charge in [0.1, 0.15) is 19.6 Å². The molecular formula is C16H18N2O+2. The fourth-order valence-corrected chi connectivity index (χ4v) is 2.66. The minimum absolute atomic E-state index is 0.171. The normalized spacial score (nSPS) is 13.7. The Labute approximate surface area is 112 Å². The number of nitrogens with two attached hydrogens (primary N) is 1. The maximum absolute atomic E-state index is 12.5. The molecule has 0 saturated heterocycles. The summed E-state index contributed by atoms with van der Waals surface area (Å²) < 4.78 is 0. The van der Waals surface area contributed by atoms with Crippen LogP contribution >= 0.6 is 0 Å². The Morgan fingerprint density at radius 2 is 1.89 bits per heavy atom. The van der Waals surface area contributed by atoms with E-state index < -0.39 is 0 Å². The smallest absolute Gasteiger partial charge is 0.195 e. The molecule has 0 radical (unpaired) electrons. The van der Waals surface area contributed by atoms with E-state index in [1.165, 1.54) is 0 Å². The molecule has 0 bridgehead atoms. The predicted molar refractivity (Wildman–Crippen MR) is 75.7 cm³/mol. The first-order valence-electron chi connectivity index (χ1n) is 6.69. The van der Waals surface area contributed by atoms with Gasteiger partial charge in [-0.25, -0.2) is 0 Å². The average molecular weight is 254 g/mol. The first-order valence-corrected chi connectivity index (χ1v) is 6.69. The predicted octanol–water partition coefficient (Wildman–Crippen LogP) is 0.225. The molecule has 1 aliphatic rings. The molecule has 3 nitrogen and oxygen atoms in total. The maximum Gasteiger partial charge on any atom is 0.195 e. The summed E-state index contributed by atoms with van der Waals surface area (Å²) in [5.41, 5.74) is 6.71. The van der Waals surface area contributed by atoms with Crippen LogP contribution in [0.15, 0.2) is 42.0 Å². The van der Waals surface area contributed by atoms with Gasteiger partial charge in [-0.05, 0) is 17.0 Å². The molecule has 1 aliphatic carbocycles. The molecule has 96 valence electrons. The molecule has 3 heteroatoms. The van der Waals surface area contributed by atoms with Crippen LogP contribution in [0.25, 0.3) is 16.8 Å². The molecule has 19 heavy (non-hydrogen) atoms. The third-order valence-electron chi connectivity index (χ3n) is 3.58. The Balaban J connectivity index is 2.06. The second kappa shape index (κ2) is 4.96. The number of Topliss-reactive ketones (excluding diaryl/α,β-unsaturated/α-hetero) is 1. The van der Waals surface area contributed by atoms with Gasteiger partial charge in [0.05, 0.1) is 5.57 Å². The quantitative estimate of drug-likeness (QED) is 0.754. The summed E-state index contributed by atoms with van der Waals surface area (Å²) in [6.07, 6.45) is 2.04. The number of rotatable bonds is 4. The van der Waals surface area contributed by atoms with E-state index in [0.29, 0.717) is 0 Å². The van der Waals surface area contributed by atoms with Crippen LogP contribution in [-0.2, 0) is 0 Å². The molecule has 0 aromatic heterocycles. The fourth-order valence-electron chi connectivity index (χ4n) is 2.66. The number of carbonyl (C=O) groups is 1.